The van der Waals surface area contributed by atoms with Gasteiger partial charge in [-0.2, -0.15) is 8.42 Å². The fraction of sp³-hybridized carbons (Fsp3) is 0. The van der Waals surface area contributed by atoms with Crippen molar-refractivity contribution in [3.05, 3.63) is 18.3 Å². The molecule has 0 atom stereocenters. The van der Waals surface area contributed by atoms with Crippen LogP contribution in [0.1, 0.15) is 0 Å². The highest BCUT2D eigenvalue weighted by Gasteiger charge is 2.07. The van der Waals surface area contributed by atoms with Crippen LogP contribution >= 0.6 is 12.4 Å². The number of halogens is 1. The highest BCUT2D eigenvalue weighted by molar-refractivity contribution is 7.85. The van der Waals surface area contributed by atoms with Crippen LogP contribution in [0, 0.1) is 0 Å². The highest BCUT2D eigenvalue weighted by Crippen LogP contribution is 2.01. The molecule has 0 unspecified atom stereocenters. The van der Waals surface area contributed by atoms with Gasteiger partial charge in [0.1, 0.15) is 0 Å². The number of nitrogens with one attached hydrogen (secondary N) is 1. The zero-order chi connectivity index (χ0) is 6.91. The zero-order valence-electron chi connectivity index (χ0n) is 4.81. The van der Waals surface area contributed by atoms with E-state index in [9.17, 15) is 8.42 Å². The Bertz CT molecular complexity index is 277. The summed E-state index contributed by atoms with van der Waals surface area (Å²) in [5, 5.41) is -0.178. The fourth-order valence-corrected chi connectivity index (χ4v) is 0.942. The van der Waals surface area contributed by atoms with Gasteiger partial charge in [0.2, 0.25) is 0 Å². The average Bonchev–Trinajstić information content (AvgIpc) is 2.08. The summed E-state index contributed by atoms with van der Waals surface area (Å²) in [4.78, 5) is 2.34. The summed E-state index contributed by atoms with van der Waals surface area (Å²) in [6.07, 6.45) is 1.42. The van der Waals surface area contributed by atoms with Gasteiger partial charge in [0.05, 0.1) is 0 Å². The molecule has 0 saturated heterocycles. The number of aromatic nitrogens is 1. The summed E-state index contributed by atoms with van der Waals surface area (Å²) < 4.78 is 28.8. The summed E-state index contributed by atoms with van der Waals surface area (Å²) in [5.74, 6) is 0. The van der Waals surface area contributed by atoms with Gasteiger partial charge in [0.15, 0.2) is 5.03 Å². The quantitative estimate of drug-likeness (QED) is 0.630. The first-order valence-corrected chi connectivity index (χ1v) is 3.65. The van der Waals surface area contributed by atoms with Crippen LogP contribution < -0.4 is 0 Å². The lowest BCUT2D eigenvalue weighted by Gasteiger charge is -1.86. The van der Waals surface area contributed by atoms with E-state index in [2.05, 4.69) is 4.98 Å². The lowest BCUT2D eigenvalue weighted by Crippen LogP contribution is -1.96. The Morgan fingerprint density at radius 2 is 2.10 bits per heavy atom. The van der Waals surface area contributed by atoms with Crippen LogP contribution in [0.2, 0.25) is 0 Å². The fourth-order valence-electron chi connectivity index (χ4n) is 0.474. The Labute approximate surface area is 64.4 Å². The molecule has 0 bridgehead atoms. The summed E-state index contributed by atoms with van der Waals surface area (Å²) >= 11 is 0. The number of rotatable bonds is 1. The van der Waals surface area contributed by atoms with Crippen molar-refractivity contribution in [2.45, 2.75) is 5.03 Å². The van der Waals surface area contributed by atoms with E-state index >= 15 is 0 Å². The van der Waals surface area contributed by atoms with Gasteiger partial charge in [-0.3, -0.25) is 4.55 Å². The Kier molecular flexibility index (Phi) is 2.89. The van der Waals surface area contributed by atoms with E-state index in [1.165, 1.54) is 18.3 Å². The normalized spacial score (nSPS) is 10.5. The SMILES string of the molecule is Cl.O=S(=O)(O)c1ccc[nH]1. The third kappa shape index (κ3) is 2.02. The van der Waals surface area contributed by atoms with Crippen molar-refractivity contribution < 1.29 is 13.0 Å². The third-order valence-electron chi connectivity index (χ3n) is 0.847. The van der Waals surface area contributed by atoms with Gasteiger partial charge >= 0.3 is 10.1 Å². The van der Waals surface area contributed by atoms with Crippen LogP contribution in [0.25, 0.3) is 0 Å². The van der Waals surface area contributed by atoms with Crippen LogP contribution in [0.5, 0.6) is 0 Å². The third-order valence-corrected chi connectivity index (χ3v) is 1.66. The molecule has 0 fully saturated rings. The number of aromatic amines is 1. The van der Waals surface area contributed by atoms with Gasteiger partial charge in [0, 0.05) is 6.20 Å². The van der Waals surface area contributed by atoms with Gasteiger partial charge in [0.25, 0.3) is 0 Å². The first-order chi connectivity index (χ1) is 4.11. The summed E-state index contributed by atoms with van der Waals surface area (Å²) in [7, 11) is -4.02. The van der Waals surface area contributed by atoms with E-state index < -0.39 is 10.1 Å². The summed E-state index contributed by atoms with van der Waals surface area (Å²) in [6, 6.07) is 2.76. The second kappa shape index (κ2) is 3.05. The van der Waals surface area contributed by atoms with E-state index in [0.717, 1.165) is 0 Å². The van der Waals surface area contributed by atoms with Gasteiger partial charge in [-0.15, -0.1) is 12.4 Å². The van der Waals surface area contributed by atoms with Gasteiger partial charge in [-0.1, -0.05) is 0 Å². The molecule has 0 aliphatic carbocycles. The summed E-state index contributed by atoms with van der Waals surface area (Å²) in [6.45, 7) is 0. The van der Waals surface area contributed by atoms with Gasteiger partial charge < -0.3 is 4.98 Å². The smallest absolute Gasteiger partial charge is 0.310 e. The predicted molar refractivity (Wildman–Crippen MR) is 37.9 cm³/mol. The molecule has 2 N–H and O–H groups in total. The highest BCUT2D eigenvalue weighted by atomic mass is 35.5. The zero-order valence-corrected chi connectivity index (χ0v) is 6.45. The van der Waals surface area contributed by atoms with Gasteiger partial charge in [-0.25, -0.2) is 0 Å². The second-order valence-corrected chi connectivity index (χ2v) is 2.90. The molecule has 1 aromatic heterocycles. The molecular weight excluding hydrogens is 178 g/mol. The van der Waals surface area contributed by atoms with Gasteiger partial charge in [-0.05, 0) is 12.1 Å². The Balaban J connectivity index is 0.000000810. The van der Waals surface area contributed by atoms with Crippen molar-refractivity contribution in [3.63, 3.8) is 0 Å². The Hall–Kier alpha value is -0.520. The van der Waals surface area contributed by atoms with Crippen molar-refractivity contribution >= 4 is 22.5 Å². The van der Waals surface area contributed by atoms with Crippen molar-refractivity contribution in [3.8, 4) is 0 Å². The molecule has 0 spiro atoms. The van der Waals surface area contributed by atoms with E-state index in [1.807, 2.05) is 0 Å². The van der Waals surface area contributed by atoms with Crippen LogP contribution in [0.15, 0.2) is 23.4 Å². The minimum Gasteiger partial charge on any atom is -0.350 e. The minimum atomic E-state index is -4.02. The molecular formula is C4H6ClNO3S. The van der Waals surface area contributed by atoms with Crippen molar-refractivity contribution in [1.29, 1.82) is 0 Å². The summed E-state index contributed by atoms with van der Waals surface area (Å²) in [5.41, 5.74) is 0. The first-order valence-electron chi connectivity index (χ1n) is 2.21. The van der Waals surface area contributed by atoms with E-state index in [0.29, 0.717) is 0 Å². The monoisotopic (exact) mass is 183 g/mol. The van der Waals surface area contributed by atoms with Crippen molar-refractivity contribution in [1.82, 2.24) is 4.98 Å². The maximum atomic E-state index is 10.2. The molecule has 0 aliphatic heterocycles. The lowest BCUT2D eigenvalue weighted by atomic mass is 10.7. The topological polar surface area (TPSA) is 70.2 Å². The number of hydrogen-bond acceptors (Lipinski definition) is 2. The lowest BCUT2D eigenvalue weighted by molar-refractivity contribution is 0.480. The standard InChI is InChI=1S/C4H5NO3S.ClH/c6-9(7,8)4-2-1-3-5-4;/h1-3,5H,(H,6,7,8);1H. The molecule has 58 valence electrons. The molecule has 4 nitrogen and oxygen atoms in total. The molecule has 1 heterocycles. The van der Waals surface area contributed by atoms with Crippen molar-refractivity contribution in [2.24, 2.45) is 0 Å². The molecule has 6 heteroatoms. The molecule has 0 amide bonds. The van der Waals surface area contributed by atoms with Crippen LogP contribution in [0.4, 0.5) is 0 Å². The molecule has 0 aliphatic rings. The van der Waals surface area contributed by atoms with E-state index in [4.69, 9.17) is 4.55 Å². The number of H-pyrrole nitrogens is 1. The maximum Gasteiger partial charge on any atom is 0.310 e. The molecule has 1 rings (SSSR count). The van der Waals surface area contributed by atoms with Crippen LogP contribution in [-0.4, -0.2) is 18.0 Å². The average molecular weight is 184 g/mol. The second-order valence-electron chi connectivity index (χ2n) is 1.51. The Morgan fingerprint density at radius 1 is 1.50 bits per heavy atom. The molecule has 0 aromatic carbocycles. The number of hydrogen-bond donors (Lipinski definition) is 2. The van der Waals surface area contributed by atoms with Crippen LogP contribution in [0.3, 0.4) is 0 Å². The minimum absolute atomic E-state index is 0. The molecule has 10 heavy (non-hydrogen) atoms. The van der Waals surface area contributed by atoms with E-state index in [-0.39, 0.29) is 17.4 Å². The Morgan fingerprint density at radius 3 is 2.30 bits per heavy atom. The van der Waals surface area contributed by atoms with Crippen LogP contribution in [-0.2, 0) is 10.1 Å². The molecule has 0 radical (unpaired) electrons. The van der Waals surface area contributed by atoms with E-state index in [1.54, 1.807) is 0 Å². The first kappa shape index (κ1) is 9.48. The maximum absolute atomic E-state index is 10.2. The van der Waals surface area contributed by atoms with Crippen molar-refractivity contribution in [2.75, 3.05) is 0 Å². The predicted octanol–water partition coefficient (Wildman–Crippen LogP) is 0.683. The largest absolute Gasteiger partial charge is 0.350 e. The molecule has 0 saturated carbocycles. The molecule has 1 aromatic rings.